The van der Waals surface area contributed by atoms with Gasteiger partial charge >= 0.3 is 0 Å². The summed E-state index contributed by atoms with van der Waals surface area (Å²) in [6.07, 6.45) is 2.11. The lowest BCUT2D eigenvalue weighted by molar-refractivity contribution is 0.0925. The zero-order chi connectivity index (χ0) is 23.7. The van der Waals surface area contributed by atoms with Gasteiger partial charge in [0.1, 0.15) is 17.5 Å². The van der Waals surface area contributed by atoms with Crippen LogP contribution in [-0.4, -0.2) is 20.0 Å². The first kappa shape index (κ1) is 22.9. The molecule has 2 atom stereocenters. The molecule has 33 heavy (non-hydrogen) atoms. The lowest BCUT2D eigenvalue weighted by Gasteiger charge is -2.23. The average molecular weight is 473 g/mol. The number of ether oxygens (including phenoxy) is 2. The Morgan fingerprint density at radius 1 is 0.970 bits per heavy atom. The number of methoxy groups -OCH3 is 2. The Hall–Kier alpha value is -3.25. The Kier molecular flexibility index (Phi) is 6.47. The highest BCUT2D eigenvalue weighted by atomic mass is 35.5. The van der Waals surface area contributed by atoms with Crippen molar-refractivity contribution in [2.75, 3.05) is 14.2 Å². The molecule has 0 amide bonds. The Morgan fingerprint density at radius 3 is 2.24 bits per heavy atom. The zero-order valence-corrected chi connectivity index (χ0v) is 18.6. The normalized spacial score (nSPS) is 17.6. The SMILES string of the molecule is COc1cccc(C2CC(c3ccc(Cl)cc3)=CC2C(=O)c2c(F)cc(F)cc2F)c1OC. The third kappa shape index (κ3) is 4.35. The molecule has 0 bridgehead atoms. The largest absolute Gasteiger partial charge is 0.493 e. The number of allylic oxidation sites excluding steroid dienone is 2. The van der Waals surface area contributed by atoms with Crippen molar-refractivity contribution in [3.63, 3.8) is 0 Å². The standard InChI is InChI=1S/C26H20ClF3O3/c1-32-23-5-3-4-18(26(23)33-2)19-10-15(14-6-8-16(27)9-7-14)11-20(19)25(31)24-21(29)12-17(28)13-22(24)30/h3-9,11-13,19-20H,10H2,1-2H3. The molecular formula is C26H20ClF3O3. The molecule has 0 aromatic heterocycles. The molecule has 0 radical (unpaired) electrons. The number of ketones is 1. The molecular weight excluding hydrogens is 453 g/mol. The summed E-state index contributed by atoms with van der Waals surface area (Å²) in [5, 5.41) is 0.562. The highest BCUT2D eigenvalue weighted by Gasteiger charge is 2.39. The van der Waals surface area contributed by atoms with Crippen LogP contribution in [0, 0.1) is 23.4 Å². The van der Waals surface area contributed by atoms with Crippen LogP contribution in [0.3, 0.4) is 0 Å². The molecule has 3 aromatic rings. The van der Waals surface area contributed by atoms with Gasteiger partial charge in [-0.1, -0.05) is 41.9 Å². The fourth-order valence-corrected chi connectivity index (χ4v) is 4.48. The van der Waals surface area contributed by atoms with Crippen molar-refractivity contribution in [1.29, 1.82) is 0 Å². The molecule has 3 nitrogen and oxygen atoms in total. The van der Waals surface area contributed by atoms with E-state index in [0.29, 0.717) is 40.6 Å². The van der Waals surface area contributed by atoms with E-state index in [9.17, 15) is 18.0 Å². The van der Waals surface area contributed by atoms with Gasteiger partial charge in [0.15, 0.2) is 17.3 Å². The number of hydrogen-bond donors (Lipinski definition) is 0. The molecule has 0 heterocycles. The van der Waals surface area contributed by atoms with Crippen LogP contribution in [-0.2, 0) is 0 Å². The van der Waals surface area contributed by atoms with Crippen molar-refractivity contribution in [3.05, 3.63) is 99.8 Å². The molecule has 0 aliphatic heterocycles. The molecule has 0 spiro atoms. The van der Waals surface area contributed by atoms with Crippen molar-refractivity contribution >= 4 is 23.0 Å². The smallest absolute Gasteiger partial charge is 0.176 e. The van der Waals surface area contributed by atoms with Crippen LogP contribution >= 0.6 is 11.6 Å². The van der Waals surface area contributed by atoms with Crippen molar-refractivity contribution in [3.8, 4) is 11.5 Å². The summed E-state index contributed by atoms with van der Waals surface area (Å²) in [6, 6.07) is 13.4. The number of hydrogen-bond acceptors (Lipinski definition) is 3. The first-order valence-electron chi connectivity index (χ1n) is 10.2. The molecule has 2 unspecified atom stereocenters. The van der Waals surface area contributed by atoms with E-state index in [0.717, 1.165) is 11.1 Å². The molecule has 170 valence electrons. The summed E-state index contributed by atoms with van der Waals surface area (Å²) in [7, 11) is 2.99. The highest BCUT2D eigenvalue weighted by molar-refractivity contribution is 6.30. The quantitative estimate of drug-likeness (QED) is 0.368. The van der Waals surface area contributed by atoms with E-state index in [1.165, 1.54) is 14.2 Å². The monoisotopic (exact) mass is 472 g/mol. The second-order valence-electron chi connectivity index (χ2n) is 7.73. The van der Waals surface area contributed by atoms with Crippen molar-refractivity contribution in [1.82, 2.24) is 0 Å². The van der Waals surface area contributed by atoms with Gasteiger partial charge in [0, 0.05) is 34.6 Å². The van der Waals surface area contributed by atoms with E-state index in [1.807, 2.05) is 12.1 Å². The van der Waals surface area contributed by atoms with Crippen molar-refractivity contribution in [2.45, 2.75) is 12.3 Å². The van der Waals surface area contributed by atoms with Crippen LogP contribution in [0.5, 0.6) is 11.5 Å². The summed E-state index contributed by atoms with van der Waals surface area (Å²) in [5.41, 5.74) is 1.56. The Bertz CT molecular complexity index is 1220. The summed E-state index contributed by atoms with van der Waals surface area (Å²) >= 11 is 6.00. The highest BCUT2D eigenvalue weighted by Crippen LogP contribution is 2.49. The lowest BCUT2D eigenvalue weighted by Crippen LogP contribution is -2.21. The molecule has 4 rings (SSSR count). The minimum atomic E-state index is -1.23. The topological polar surface area (TPSA) is 35.5 Å². The number of carbonyl (C=O) groups excluding carboxylic acids is 1. The van der Waals surface area contributed by atoms with Crippen LogP contribution in [0.2, 0.25) is 5.02 Å². The van der Waals surface area contributed by atoms with E-state index < -0.39 is 40.6 Å². The Balaban J connectivity index is 1.84. The minimum absolute atomic E-state index is 0.409. The molecule has 0 saturated heterocycles. The fraction of sp³-hybridized carbons (Fsp3) is 0.192. The summed E-state index contributed by atoms with van der Waals surface area (Å²) in [4.78, 5) is 13.4. The number of halogens is 4. The van der Waals surface area contributed by atoms with Gasteiger partial charge in [-0.25, -0.2) is 13.2 Å². The zero-order valence-electron chi connectivity index (χ0n) is 17.9. The van der Waals surface area contributed by atoms with E-state index >= 15 is 0 Å². The van der Waals surface area contributed by atoms with Crippen LogP contribution in [0.4, 0.5) is 13.2 Å². The maximum absolute atomic E-state index is 14.5. The molecule has 7 heteroatoms. The molecule has 0 saturated carbocycles. The third-order valence-corrected chi connectivity index (χ3v) is 6.11. The second kappa shape index (κ2) is 9.32. The number of benzene rings is 3. The molecule has 1 aliphatic rings. The van der Waals surface area contributed by atoms with Gasteiger partial charge in [0.05, 0.1) is 19.8 Å². The second-order valence-corrected chi connectivity index (χ2v) is 8.16. The minimum Gasteiger partial charge on any atom is -0.493 e. The van der Waals surface area contributed by atoms with Gasteiger partial charge in [0.25, 0.3) is 0 Å². The van der Waals surface area contributed by atoms with Gasteiger partial charge in [-0.2, -0.15) is 0 Å². The Labute approximate surface area is 194 Å². The summed E-state index contributed by atoms with van der Waals surface area (Å²) in [6.45, 7) is 0. The Morgan fingerprint density at radius 2 is 1.64 bits per heavy atom. The average Bonchev–Trinajstić information content (AvgIpc) is 3.23. The predicted octanol–water partition coefficient (Wildman–Crippen LogP) is 6.84. The number of para-hydroxylation sites is 1. The number of carbonyl (C=O) groups is 1. The first-order chi connectivity index (χ1) is 15.8. The molecule has 0 N–H and O–H groups in total. The van der Waals surface area contributed by atoms with E-state index in [-0.39, 0.29) is 0 Å². The van der Waals surface area contributed by atoms with E-state index in [4.69, 9.17) is 21.1 Å². The van der Waals surface area contributed by atoms with E-state index in [2.05, 4.69) is 0 Å². The van der Waals surface area contributed by atoms with Crippen molar-refractivity contribution in [2.24, 2.45) is 5.92 Å². The summed E-state index contributed by atoms with van der Waals surface area (Å²) < 4.78 is 53.4. The molecule has 0 fully saturated rings. The van der Waals surface area contributed by atoms with Crippen LogP contribution in [0.25, 0.3) is 5.57 Å². The molecule has 3 aromatic carbocycles. The maximum Gasteiger partial charge on any atom is 0.176 e. The van der Waals surface area contributed by atoms with Crippen LogP contribution in [0.1, 0.15) is 33.8 Å². The lowest BCUT2D eigenvalue weighted by atomic mass is 9.82. The van der Waals surface area contributed by atoms with Gasteiger partial charge in [-0.15, -0.1) is 0 Å². The first-order valence-corrected chi connectivity index (χ1v) is 10.6. The van der Waals surface area contributed by atoms with Crippen LogP contribution in [0.15, 0.2) is 60.7 Å². The van der Waals surface area contributed by atoms with Gasteiger partial charge < -0.3 is 9.47 Å². The van der Waals surface area contributed by atoms with Gasteiger partial charge in [-0.3, -0.25) is 4.79 Å². The predicted molar refractivity (Wildman–Crippen MR) is 120 cm³/mol. The fourth-order valence-electron chi connectivity index (χ4n) is 4.35. The number of Topliss-reactive ketones (excluding diaryl/α,β-unsaturated/α-hetero) is 1. The van der Waals surface area contributed by atoms with Crippen LogP contribution < -0.4 is 9.47 Å². The summed E-state index contributed by atoms with van der Waals surface area (Å²) in [5.74, 6) is -4.82. The number of rotatable bonds is 6. The van der Waals surface area contributed by atoms with E-state index in [1.54, 1.807) is 36.4 Å². The van der Waals surface area contributed by atoms with Gasteiger partial charge in [-0.05, 0) is 35.8 Å². The molecule has 1 aliphatic carbocycles. The van der Waals surface area contributed by atoms with Crippen molar-refractivity contribution < 1.29 is 27.4 Å². The van der Waals surface area contributed by atoms with Gasteiger partial charge in [0.2, 0.25) is 0 Å². The third-order valence-electron chi connectivity index (χ3n) is 5.86. The maximum atomic E-state index is 14.5.